The zero-order chi connectivity index (χ0) is 32.8. The van der Waals surface area contributed by atoms with Crippen molar-refractivity contribution in [3.8, 4) is 0 Å². The summed E-state index contributed by atoms with van der Waals surface area (Å²) < 4.78 is 13.6. The maximum atomic E-state index is 13.6. The molecule has 0 bridgehead atoms. The third kappa shape index (κ3) is 6.69. The molecule has 6 rings (SSSR count). The van der Waals surface area contributed by atoms with Gasteiger partial charge in [0, 0.05) is 47.0 Å². The third-order valence-corrected chi connectivity index (χ3v) is 8.65. The topological polar surface area (TPSA) is 86.8 Å². The van der Waals surface area contributed by atoms with Crippen LogP contribution in [0.4, 0.5) is 15.8 Å². The fourth-order valence-electron chi connectivity index (χ4n) is 6.10. The summed E-state index contributed by atoms with van der Waals surface area (Å²) in [6.07, 6.45) is 1.73. The van der Waals surface area contributed by atoms with Crippen LogP contribution in [0, 0.1) is 18.2 Å². The number of benzene rings is 5. The summed E-state index contributed by atoms with van der Waals surface area (Å²) in [7, 11) is 0. The molecule has 1 heterocycles. The summed E-state index contributed by atoms with van der Waals surface area (Å²) in [5.41, 5.74) is 15.0. The van der Waals surface area contributed by atoms with E-state index in [1.54, 1.807) is 18.3 Å². The summed E-state index contributed by atoms with van der Waals surface area (Å²) in [5.74, 6) is -0.264. The predicted octanol–water partition coefficient (Wildman–Crippen LogP) is 8.78. The fraction of sp³-hybridized carbons (Fsp3) is 0.122. The fourth-order valence-corrected chi connectivity index (χ4v) is 6.10. The molecule has 5 aromatic carbocycles. The van der Waals surface area contributed by atoms with E-state index in [0.717, 1.165) is 44.8 Å². The first-order valence-electron chi connectivity index (χ1n) is 15.7. The first kappa shape index (κ1) is 31.4. The molecule has 6 aromatic rings. The standard InChI is InChI=1S/C41H38FN5/c1-28-24-31(22-23-45-28)40(44)37-25-32(27-46-29(2)30-18-20-36(42)21-19-30)38(43)26-39(37)47-41(33-12-6-3-7-13-33,34-14-8-4-9-15-34)35-16-10-5-11-17-35/h3-26,29,44,46-47H,27,43H2,1-2H3/t29-/m1/s1. The summed E-state index contributed by atoms with van der Waals surface area (Å²) in [6.45, 7) is 4.42. The number of hydrogen-bond acceptors (Lipinski definition) is 5. The average Bonchev–Trinajstić information content (AvgIpc) is 3.11. The molecule has 0 spiro atoms. The lowest BCUT2D eigenvalue weighted by Crippen LogP contribution is -2.38. The van der Waals surface area contributed by atoms with Crippen LogP contribution in [-0.4, -0.2) is 10.7 Å². The molecule has 0 saturated carbocycles. The van der Waals surface area contributed by atoms with Gasteiger partial charge in [-0.25, -0.2) is 4.39 Å². The average molecular weight is 620 g/mol. The maximum absolute atomic E-state index is 13.6. The Morgan fingerprint density at radius 2 is 1.34 bits per heavy atom. The van der Waals surface area contributed by atoms with Crippen molar-refractivity contribution in [3.05, 3.63) is 196 Å². The summed E-state index contributed by atoms with van der Waals surface area (Å²) >= 11 is 0. The van der Waals surface area contributed by atoms with Gasteiger partial charge < -0.3 is 16.4 Å². The quantitative estimate of drug-likeness (QED) is 0.0663. The largest absolute Gasteiger partial charge is 0.398 e. The molecule has 0 radical (unpaired) electrons. The molecule has 5 N–H and O–H groups in total. The van der Waals surface area contributed by atoms with Crippen molar-refractivity contribution in [2.24, 2.45) is 0 Å². The van der Waals surface area contributed by atoms with E-state index in [-0.39, 0.29) is 11.9 Å². The van der Waals surface area contributed by atoms with E-state index >= 15 is 0 Å². The highest BCUT2D eigenvalue weighted by atomic mass is 19.1. The van der Waals surface area contributed by atoms with Gasteiger partial charge in [0.1, 0.15) is 11.4 Å². The molecule has 5 nitrogen and oxygen atoms in total. The van der Waals surface area contributed by atoms with E-state index in [9.17, 15) is 9.80 Å². The molecular formula is C41H38FN5. The number of anilines is 2. The number of pyridine rings is 1. The van der Waals surface area contributed by atoms with E-state index in [2.05, 4.69) is 52.0 Å². The van der Waals surface area contributed by atoms with Gasteiger partial charge >= 0.3 is 0 Å². The van der Waals surface area contributed by atoms with Crippen molar-refractivity contribution in [1.82, 2.24) is 10.3 Å². The van der Waals surface area contributed by atoms with Crippen LogP contribution < -0.4 is 16.4 Å². The summed E-state index contributed by atoms with van der Waals surface area (Å²) in [5, 5.41) is 17.0. The molecule has 47 heavy (non-hydrogen) atoms. The summed E-state index contributed by atoms with van der Waals surface area (Å²) in [4.78, 5) is 4.37. The van der Waals surface area contributed by atoms with Gasteiger partial charge in [0.15, 0.2) is 0 Å². The van der Waals surface area contributed by atoms with Crippen LogP contribution in [0.1, 0.15) is 57.6 Å². The Bertz CT molecular complexity index is 1860. The molecule has 0 aliphatic heterocycles. The predicted molar refractivity (Wildman–Crippen MR) is 190 cm³/mol. The molecule has 0 aliphatic rings. The van der Waals surface area contributed by atoms with E-state index < -0.39 is 5.54 Å². The summed E-state index contributed by atoms with van der Waals surface area (Å²) in [6, 6.07) is 45.3. The number of rotatable bonds is 11. The molecule has 0 amide bonds. The Kier molecular flexibility index (Phi) is 9.23. The normalized spacial score (nSPS) is 12.0. The monoisotopic (exact) mass is 619 g/mol. The highest BCUT2D eigenvalue weighted by Gasteiger charge is 2.37. The van der Waals surface area contributed by atoms with E-state index in [1.807, 2.05) is 92.7 Å². The number of hydrogen-bond donors (Lipinski definition) is 4. The molecule has 234 valence electrons. The second-order valence-electron chi connectivity index (χ2n) is 11.8. The zero-order valence-corrected chi connectivity index (χ0v) is 26.5. The van der Waals surface area contributed by atoms with Gasteiger partial charge in [0.2, 0.25) is 0 Å². The lowest BCUT2D eigenvalue weighted by molar-refractivity contribution is 0.571. The number of nitrogens with one attached hydrogen (secondary N) is 3. The van der Waals surface area contributed by atoms with Gasteiger partial charge in [0.25, 0.3) is 0 Å². The minimum absolute atomic E-state index is 0.0413. The Morgan fingerprint density at radius 1 is 0.787 bits per heavy atom. The highest BCUT2D eigenvalue weighted by Crippen LogP contribution is 2.42. The van der Waals surface area contributed by atoms with E-state index in [0.29, 0.717) is 23.5 Å². The maximum Gasteiger partial charge on any atom is 0.123 e. The second kappa shape index (κ2) is 13.8. The SMILES string of the molecule is Cc1cc(C(=N)c2cc(CN[C@H](C)c3ccc(F)cc3)c(N)cc2NC(c2ccccc2)(c2ccccc2)c2ccccc2)ccn1. The van der Waals surface area contributed by atoms with Crippen molar-refractivity contribution in [3.63, 3.8) is 0 Å². The van der Waals surface area contributed by atoms with Crippen molar-refractivity contribution >= 4 is 17.1 Å². The number of aromatic nitrogens is 1. The molecule has 0 aliphatic carbocycles. The van der Waals surface area contributed by atoms with Gasteiger partial charge in [0.05, 0.1) is 5.71 Å². The molecular weight excluding hydrogens is 581 g/mol. The first-order chi connectivity index (χ1) is 22.8. The third-order valence-electron chi connectivity index (χ3n) is 8.65. The van der Waals surface area contributed by atoms with Crippen molar-refractivity contribution < 1.29 is 4.39 Å². The van der Waals surface area contributed by atoms with E-state index in [4.69, 9.17) is 5.73 Å². The molecule has 0 unspecified atom stereocenters. The number of aryl methyl sites for hydroxylation is 1. The van der Waals surface area contributed by atoms with E-state index in [1.165, 1.54) is 12.1 Å². The molecule has 6 heteroatoms. The number of nitrogens with zero attached hydrogens (tertiary/aromatic N) is 1. The van der Waals surface area contributed by atoms with Crippen molar-refractivity contribution in [1.29, 1.82) is 5.41 Å². The van der Waals surface area contributed by atoms with Crippen LogP contribution in [0.5, 0.6) is 0 Å². The van der Waals surface area contributed by atoms with Crippen LogP contribution in [0.25, 0.3) is 0 Å². The Labute approximate surface area is 275 Å². The van der Waals surface area contributed by atoms with Gasteiger partial charge in [-0.15, -0.1) is 0 Å². The molecule has 0 fully saturated rings. The molecule has 0 saturated heterocycles. The Morgan fingerprint density at radius 3 is 1.87 bits per heavy atom. The van der Waals surface area contributed by atoms with Gasteiger partial charge in [-0.1, -0.05) is 103 Å². The highest BCUT2D eigenvalue weighted by molar-refractivity contribution is 6.14. The first-order valence-corrected chi connectivity index (χ1v) is 15.7. The molecule has 1 aromatic heterocycles. The molecule has 1 atom stereocenters. The van der Waals surface area contributed by atoms with Crippen LogP contribution in [0.3, 0.4) is 0 Å². The van der Waals surface area contributed by atoms with Gasteiger partial charge in [-0.05, 0) is 78.1 Å². The van der Waals surface area contributed by atoms with Crippen molar-refractivity contribution in [2.75, 3.05) is 11.1 Å². The minimum atomic E-state index is -0.809. The van der Waals surface area contributed by atoms with Gasteiger partial charge in [-0.2, -0.15) is 0 Å². The van der Waals surface area contributed by atoms with Gasteiger partial charge in [-0.3, -0.25) is 10.4 Å². The Balaban J connectivity index is 1.50. The second-order valence-corrected chi connectivity index (χ2v) is 11.8. The van der Waals surface area contributed by atoms with Crippen LogP contribution in [-0.2, 0) is 12.1 Å². The zero-order valence-electron chi connectivity index (χ0n) is 26.5. The number of nitrogens with two attached hydrogens (primary N) is 1. The smallest absolute Gasteiger partial charge is 0.123 e. The van der Waals surface area contributed by atoms with Crippen LogP contribution in [0.2, 0.25) is 0 Å². The Hall–Kier alpha value is -5.59. The van der Waals surface area contributed by atoms with Crippen LogP contribution >= 0.6 is 0 Å². The minimum Gasteiger partial charge on any atom is -0.398 e. The number of nitrogen functional groups attached to an aromatic ring is 1. The van der Waals surface area contributed by atoms with Crippen molar-refractivity contribution in [2.45, 2.75) is 32.0 Å². The lowest BCUT2D eigenvalue weighted by atomic mass is 9.76. The number of halogens is 1. The van der Waals surface area contributed by atoms with Crippen LogP contribution in [0.15, 0.2) is 146 Å². The lowest BCUT2D eigenvalue weighted by Gasteiger charge is -2.38.